The van der Waals surface area contributed by atoms with E-state index in [1.807, 2.05) is 41.3 Å². The number of benzene rings is 4. The van der Waals surface area contributed by atoms with Gasteiger partial charge in [0.1, 0.15) is 28.7 Å². The lowest BCUT2D eigenvalue weighted by atomic mass is 9.64. The molecule has 3 atom stereocenters. The molecule has 1 saturated heterocycles. The lowest BCUT2D eigenvalue weighted by Gasteiger charge is -2.37. The van der Waals surface area contributed by atoms with E-state index in [1.54, 1.807) is 66.7 Å². The third-order valence-electron chi connectivity index (χ3n) is 9.15. The number of nitrogens with zero attached hydrogens (tertiary/aromatic N) is 1. The predicted molar refractivity (Wildman–Crippen MR) is 167 cm³/mol. The normalized spacial score (nSPS) is 20.4. The summed E-state index contributed by atoms with van der Waals surface area (Å²) in [7, 11) is 3.06. The van der Waals surface area contributed by atoms with Crippen molar-refractivity contribution in [3.05, 3.63) is 125 Å². The van der Waals surface area contributed by atoms with Crippen LogP contribution in [0.15, 0.2) is 97.1 Å². The van der Waals surface area contributed by atoms with Crippen LogP contribution in [0.1, 0.15) is 55.0 Å². The van der Waals surface area contributed by atoms with E-state index < -0.39 is 29.4 Å². The fraction of sp³-hybridized carbons (Fsp3) is 0.189. The first kappa shape index (κ1) is 28.3. The Morgan fingerprint density at radius 2 is 1.42 bits per heavy atom. The van der Waals surface area contributed by atoms with Crippen LogP contribution in [0.4, 0.5) is 5.69 Å². The summed E-state index contributed by atoms with van der Waals surface area (Å²) in [4.78, 5) is 58.2. The van der Waals surface area contributed by atoms with Gasteiger partial charge in [-0.25, -0.2) is 0 Å². The van der Waals surface area contributed by atoms with Crippen molar-refractivity contribution in [2.24, 2.45) is 5.41 Å². The van der Waals surface area contributed by atoms with Crippen molar-refractivity contribution >= 4 is 35.1 Å². The number of rotatable bonds is 6. The molecule has 4 aromatic rings. The van der Waals surface area contributed by atoms with Gasteiger partial charge in [0.05, 0.1) is 20.3 Å². The molecule has 0 aromatic heterocycles. The molecule has 224 valence electrons. The minimum atomic E-state index is -1.69. The number of carbonyl (C=O) groups excluding carboxylic acids is 4. The summed E-state index contributed by atoms with van der Waals surface area (Å²) in [5, 5.41) is 0. The van der Waals surface area contributed by atoms with Crippen LogP contribution >= 0.6 is 0 Å². The van der Waals surface area contributed by atoms with Gasteiger partial charge in [-0.1, -0.05) is 54.6 Å². The summed E-state index contributed by atoms with van der Waals surface area (Å²) < 4.78 is 16.6. The fourth-order valence-corrected chi connectivity index (χ4v) is 7.37. The lowest BCUT2D eigenvalue weighted by molar-refractivity contribution is -0.131. The SMILES string of the molecule is COc1ccc(OC)c([C@H]2[C@@H](C(=O)c3ccc(OC(C)=O)cc3)N3c4ccccc4C=C[C@@H]3C23C(=O)c2ccccc2C3=O)c1. The molecular formula is C37H29NO7. The van der Waals surface area contributed by atoms with Gasteiger partial charge in [-0.05, 0) is 54.1 Å². The van der Waals surface area contributed by atoms with Gasteiger partial charge >= 0.3 is 5.97 Å². The number of anilines is 1. The highest BCUT2D eigenvalue weighted by Gasteiger charge is 2.72. The number of fused-ring (bicyclic) bond motifs is 5. The minimum absolute atomic E-state index is 0.300. The second-order valence-electron chi connectivity index (χ2n) is 11.4. The number of Topliss-reactive ketones (excluding diaryl/α,β-unsaturated/α-hetero) is 3. The first-order valence-electron chi connectivity index (χ1n) is 14.6. The zero-order chi connectivity index (χ0) is 31.5. The number of hydrogen-bond acceptors (Lipinski definition) is 8. The molecule has 1 spiro atoms. The molecule has 0 unspecified atom stereocenters. The Morgan fingerprint density at radius 3 is 2.07 bits per heavy atom. The van der Waals surface area contributed by atoms with Crippen LogP contribution in [0.3, 0.4) is 0 Å². The topological polar surface area (TPSA) is 99.2 Å². The molecule has 4 aromatic carbocycles. The van der Waals surface area contributed by atoms with Crippen LogP contribution in [-0.2, 0) is 4.79 Å². The summed E-state index contributed by atoms with van der Waals surface area (Å²) in [6.07, 6.45) is 3.79. The molecule has 0 radical (unpaired) electrons. The average Bonchev–Trinajstić information content (AvgIpc) is 3.50. The molecule has 0 bridgehead atoms. The van der Waals surface area contributed by atoms with Gasteiger partial charge in [-0.3, -0.25) is 19.2 Å². The number of para-hydroxylation sites is 1. The van der Waals surface area contributed by atoms with Gasteiger partial charge < -0.3 is 19.1 Å². The number of ether oxygens (including phenoxy) is 3. The monoisotopic (exact) mass is 599 g/mol. The molecular weight excluding hydrogens is 570 g/mol. The summed E-state index contributed by atoms with van der Waals surface area (Å²) in [5.41, 5.74) is 1.43. The third kappa shape index (κ3) is 4.05. The molecule has 0 amide bonds. The Balaban J connectivity index is 1.53. The molecule has 0 saturated carbocycles. The van der Waals surface area contributed by atoms with E-state index in [2.05, 4.69) is 0 Å². The Labute approximate surface area is 259 Å². The maximum atomic E-state index is 14.9. The Kier molecular flexibility index (Phi) is 6.66. The fourth-order valence-electron chi connectivity index (χ4n) is 7.37. The minimum Gasteiger partial charge on any atom is -0.497 e. The van der Waals surface area contributed by atoms with Crippen molar-refractivity contribution in [1.82, 2.24) is 0 Å². The van der Waals surface area contributed by atoms with Crippen molar-refractivity contribution in [3.63, 3.8) is 0 Å². The van der Waals surface area contributed by atoms with Gasteiger partial charge in [0.2, 0.25) is 0 Å². The van der Waals surface area contributed by atoms with Gasteiger partial charge in [0.15, 0.2) is 17.3 Å². The molecule has 1 aliphatic carbocycles. The quantitative estimate of drug-likeness (QED) is 0.116. The van der Waals surface area contributed by atoms with E-state index in [9.17, 15) is 19.2 Å². The first-order valence-corrected chi connectivity index (χ1v) is 14.6. The summed E-state index contributed by atoms with van der Waals surface area (Å²) in [6, 6.07) is 24.2. The van der Waals surface area contributed by atoms with Crippen molar-refractivity contribution < 1.29 is 33.4 Å². The number of esters is 1. The van der Waals surface area contributed by atoms with Gasteiger partial charge in [0, 0.05) is 40.8 Å². The van der Waals surface area contributed by atoms with Crippen molar-refractivity contribution in [1.29, 1.82) is 0 Å². The van der Waals surface area contributed by atoms with E-state index in [4.69, 9.17) is 14.2 Å². The van der Waals surface area contributed by atoms with Crippen molar-refractivity contribution in [3.8, 4) is 17.2 Å². The predicted octanol–water partition coefficient (Wildman–Crippen LogP) is 5.95. The maximum Gasteiger partial charge on any atom is 0.308 e. The number of carbonyl (C=O) groups is 4. The first-order chi connectivity index (χ1) is 21.8. The van der Waals surface area contributed by atoms with Crippen LogP contribution in [0, 0.1) is 5.41 Å². The summed E-state index contributed by atoms with van der Waals surface area (Å²) >= 11 is 0. The van der Waals surface area contributed by atoms with E-state index in [-0.39, 0.29) is 17.3 Å². The number of ketones is 3. The maximum absolute atomic E-state index is 14.9. The number of hydrogen-bond donors (Lipinski definition) is 0. The molecule has 45 heavy (non-hydrogen) atoms. The van der Waals surface area contributed by atoms with Gasteiger partial charge in [-0.2, -0.15) is 0 Å². The molecule has 1 fully saturated rings. The van der Waals surface area contributed by atoms with E-state index in [1.165, 1.54) is 21.1 Å². The van der Waals surface area contributed by atoms with E-state index in [0.717, 1.165) is 11.3 Å². The Bertz CT molecular complexity index is 1890. The summed E-state index contributed by atoms with van der Waals surface area (Å²) in [5.74, 6) is -1.21. The van der Waals surface area contributed by atoms with Crippen LogP contribution in [0.25, 0.3) is 6.08 Å². The standard InChI is InChI=1S/C37H29NO7/c1-21(39)45-24-15-12-23(13-16-24)34(40)33-32(28-20-25(43-2)17-18-30(28)44-3)37(35(41)26-9-5-6-10-27(26)36(37)42)31-19-14-22-8-4-7-11-29(22)38(31)33/h4-20,31-33H,1-3H3/t31-,32+,33+/m1/s1. The molecule has 8 heteroatoms. The van der Waals surface area contributed by atoms with Crippen molar-refractivity contribution in [2.45, 2.75) is 24.9 Å². The second-order valence-corrected chi connectivity index (χ2v) is 11.4. The van der Waals surface area contributed by atoms with Gasteiger partial charge in [0.25, 0.3) is 0 Å². The highest BCUT2D eigenvalue weighted by atomic mass is 16.5. The highest BCUT2D eigenvalue weighted by Crippen LogP contribution is 2.62. The van der Waals surface area contributed by atoms with Crippen molar-refractivity contribution in [2.75, 3.05) is 19.1 Å². The van der Waals surface area contributed by atoms with Gasteiger partial charge in [-0.15, -0.1) is 0 Å². The van der Waals surface area contributed by atoms with Crippen LogP contribution in [-0.4, -0.2) is 49.6 Å². The van der Waals surface area contributed by atoms with Crippen LogP contribution in [0.2, 0.25) is 0 Å². The van der Waals surface area contributed by atoms with Crippen LogP contribution < -0.4 is 19.1 Å². The highest BCUT2D eigenvalue weighted by molar-refractivity contribution is 6.32. The summed E-state index contributed by atoms with van der Waals surface area (Å²) in [6.45, 7) is 1.30. The average molecular weight is 600 g/mol. The zero-order valence-corrected chi connectivity index (χ0v) is 24.9. The van der Waals surface area contributed by atoms with Crippen LogP contribution in [0.5, 0.6) is 17.2 Å². The molecule has 0 N–H and O–H groups in total. The molecule has 3 aliphatic rings. The molecule has 8 nitrogen and oxygen atoms in total. The Morgan fingerprint density at radius 1 is 0.778 bits per heavy atom. The molecule has 2 aliphatic heterocycles. The smallest absolute Gasteiger partial charge is 0.308 e. The lowest BCUT2D eigenvalue weighted by Crippen LogP contribution is -2.48. The molecule has 2 heterocycles. The zero-order valence-electron chi connectivity index (χ0n) is 24.9. The molecule has 7 rings (SSSR count). The second kappa shape index (κ2) is 10.6. The Hall–Kier alpha value is -5.50. The number of methoxy groups -OCH3 is 2. The third-order valence-corrected chi connectivity index (χ3v) is 9.15. The largest absolute Gasteiger partial charge is 0.497 e. The van der Waals surface area contributed by atoms with E-state index in [0.29, 0.717) is 39.5 Å². The van der Waals surface area contributed by atoms with E-state index >= 15 is 0 Å².